The van der Waals surface area contributed by atoms with Crippen LogP contribution in [-0.2, 0) is 9.59 Å². The zero-order valence-corrected chi connectivity index (χ0v) is 16.5. The van der Waals surface area contributed by atoms with Crippen LogP contribution in [0.3, 0.4) is 0 Å². The van der Waals surface area contributed by atoms with Crippen molar-refractivity contribution in [3.63, 3.8) is 0 Å². The van der Waals surface area contributed by atoms with Crippen LogP contribution in [0.25, 0.3) is 0 Å². The van der Waals surface area contributed by atoms with E-state index in [0.717, 1.165) is 9.13 Å². The average molecular weight is 478 g/mol. The van der Waals surface area contributed by atoms with Crippen LogP contribution in [0.1, 0.15) is 12.0 Å². The highest BCUT2D eigenvalue weighted by Crippen LogP contribution is 2.23. The second-order valence-corrected chi connectivity index (χ2v) is 7.85. The van der Waals surface area contributed by atoms with Gasteiger partial charge in [0.05, 0.1) is 6.21 Å². The number of nitrogens with one attached hydrogen (secondary N) is 2. The summed E-state index contributed by atoms with van der Waals surface area (Å²) in [4.78, 5) is 24.1. The smallest absolute Gasteiger partial charge is 0.240 e. The molecule has 6 nitrogen and oxygen atoms in total. The van der Waals surface area contributed by atoms with Gasteiger partial charge in [0.2, 0.25) is 11.8 Å². The van der Waals surface area contributed by atoms with Crippen molar-refractivity contribution >= 4 is 63.2 Å². The second-order valence-electron chi connectivity index (χ2n) is 5.42. The van der Waals surface area contributed by atoms with Gasteiger partial charge in [0.15, 0.2) is 5.17 Å². The van der Waals surface area contributed by atoms with Crippen molar-refractivity contribution < 1.29 is 9.59 Å². The Morgan fingerprint density at radius 2 is 1.92 bits per heavy atom. The lowest BCUT2D eigenvalue weighted by atomic mass is 10.2. The van der Waals surface area contributed by atoms with Gasteiger partial charge in [0, 0.05) is 15.7 Å². The maximum atomic E-state index is 12.1. The Labute approximate surface area is 168 Å². The number of nitrogens with zero attached hydrogens (tertiary/aromatic N) is 2. The first kappa shape index (κ1) is 18.6. The van der Waals surface area contributed by atoms with E-state index in [2.05, 4.69) is 43.4 Å². The molecule has 1 heterocycles. The fourth-order valence-electron chi connectivity index (χ4n) is 2.19. The third-order valence-electron chi connectivity index (χ3n) is 3.43. The summed E-state index contributed by atoms with van der Waals surface area (Å²) < 4.78 is 1.09. The number of hydrogen-bond acceptors (Lipinski definition) is 5. The van der Waals surface area contributed by atoms with Crippen LogP contribution >= 0.6 is 34.4 Å². The van der Waals surface area contributed by atoms with Gasteiger partial charge in [-0.05, 0) is 52.4 Å². The zero-order valence-electron chi connectivity index (χ0n) is 13.6. The van der Waals surface area contributed by atoms with Crippen molar-refractivity contribution in [2.45, 2.75) is 11.7 Å². The molecule has 0 aromatic heterocycles. The number of rotatable bonds is 5. The van der Waals surface area contributed by atoms with Crippen molar-refractivity contribution in [2.75, 3.05) is 5.32 Å². The summed E-state index contributed by atoms with van der Waals surface area (Å²) in [6.07, 6.45) is 1.68. The highest BCUT2D eigenvalue weighted by Gasteiger charge is 2.32. The van der Waals surface area contributed by atoms with Gasteiger partial charge in [-0.25, -0.2) is 0 Å². The highest BCUT2D eigenvalue weighted by atomic mass is 127. The number of carbonyl (C=O) groups is 2. The Morgan fingerprint density at radius 3 is 2.65 bits per heavy atom. The molecule has 1 saturated heterocycles. The van der Waals surface area contributed by atoms with Crippen LogP contribution in [-0.4, -0.2) is 28.4 Å². The lowest BCUT2D eigenvalue weighted by Gasteiger charge is -2.07. The summed E-state index contributed by atoms with van der Waals surface area (Å²) in [6.45, 7) is 0. The second kappa shape index (κ2) is 8.95. The number of carbonyl (C=O) groups excluding carboxylic acids is 2. The molecule has 2 amide bonds. The van der Waals surface area contributed by atoms with Gasteiger partial charge in [-0.2, -0.15) is 5.10 Å². The molecule has 0 spiro atoms. The first-order valence-corrected chi connectivity index (χ1v) is 9.75. The zero-order chi connectivity index (χ0) is 18.4. The SMILES string of the molecule is O=C(CC1S/C(=N/N=Cc2ccccc2)NC1=O)Nc1ccc(I)cc1. The molecule has 2 N–H and O–H groups in total. The molecule has 1 unspecified atom stereocenters. The molecular weight excluding hydrogens is 463 g/mol. The minimum Gasteiger partial charge on any atom is -0.326 e. The fraction of sp³-hybridized carbons (Fsp3) is 0.111. The monoisotopic (exact) mass is 478 g/mol. The summed E-state index contributed by atoms with van der Waals surface area (Å²) in [5.74, 6) is -0.450. The van der Waals surface area contributed by atoms with E-state index in [1.165, 1.54) is 11.8 Å². The molecule has 0 saturated carbocycles. The number of hydrogen-bond donors (Lipinski definition) is 2. The van der Waals surface area contributed by atoms with E-state index in [9.17, 15) is 9.59 Å². The number of amidine groups is 1. The van der Waals surface area contributed by atoms with Crippen LogP contribution in [0.5, 0.6) is 0 Å². The first-order chi connectivity index (χ1) is 12.6. The molecule has 132 valence electrons. The Kier molecular flexibility index (Phi) is 6.40. The third-order valence-corrected chi connectivity index (χ3v) is 5.22. The molecule has 2 aromatic carbocycles. The van der Waals surface area contributed by atoms with Gasteiger partial charge in [0.1, 0.15) is 5.25 Å². The summed E-state index contributed by atoms with van der Waals surface area (Å²) in [5, 5.41) is 13.3. The molecule has 1 aliphatic heterocycles. The molecule has 2 aromatic rings. The lowest BCUT2D eigenvalue weighted by molar-refractivity contribution is -0.122. The van der Waals surface area contributed by atoms with Crippen LogP contribution < -0.4 is 10.6 Å². The van der Waals surface area contributed by atoms with Crippen molar-refractivity contribution in [2.24, 2.45) is 10.2 Å². The van der Waals surface area contributed by atoms with Crippen LogP contribution in [0, 0.1) is 3.57 Å². The van der Waals surface area contributed by atoms with Crippen molar-refractivity contribution in [1.82, 2.24) is 5.32 Å². The Bertz CT molecular complexity index is 853. The number of anilines is 1. The number of halogens is 1. The first-order valence-electron chi connectivity index (χ1n) is 7.79. The van der Waals surface area contributed by atoms with Gasteiger partial charge in [-0.1, -0.05) is 42.1 Å². The quantitative estimate of drug-likeness (QED) is 0.393. The molecule has 0 bridgehead atoms. The summed E-state index contributed by atoms with van der Waals surface area (Å²) in [7, 11) is 0. The average Bonchev–Trinajstić information content (AvgIpc) is 2.97. The Balaban J connectivity index is 1.54. The number of benzene rings is 2. The molecule has 1 aliphatic rings. The molecule has 1 fully saturated rings. The van der Waals surface area contributed by atoms with Crippen molar-refractivity contribution in [3.8, 4) is 0 Å². The standard InChI is InChI=1S/C18H15IN4O2S/c19-13-6-8-14(9-7-13)21-16(24)10-15-17(25)22-18(26-15)23-20-11-12-4-2-1-3-5-12/h1-9,11,15H,10H2,(H,21,24)(H,22,23,25). The Morgan fingerprint density at radius 1 is 1.19 bits per heavy atom. The van der Waals surface area contributed by atoms with E-state index in [1.54, 1.807) is 6.21 Å². The van der Waals surface area contributed by atoms with Crippen LogP contribution in [0.2, 0.25) is 0 Å². The molecule has 0 aliphatic carbocycles. The summed E-state index contributed by atoms with van der Waals surface area (Å²) in [5.41, 5.74) is 1.62. The lowest BCUT2D eigenvalue weighted by Crippen LogP contribution is -2.28. The highest BCUT2D eigenvalue weighted by molar-refractivity contribution is 14.1. The molecular formula is C18H15IN4O2S. The minimum atomic E-state index is -0.510. The third kappa shape index (κ3) is 5.40. The topological polar surface area (TPSA) is 82.9 Å². The van der Waals surface area contributed by atoms with Gasteiger partial charge < -0.3 is 10.6 Å². The van der Waals surface area contributed by atoms with Gasteiger partial charge >= 0.3 is 0 Å². The number of thioether (sulfide) groups is 1. The van der Waals surface area contributed by atoms with Crippen LogP contribution in [0.15, 0.2) is 64.8 Å². The van der Waals surface area contributed by atoms with Gasteiger partial charge in [-0.15, -0.1) is 5.10 Å². The maximum Gasteiger partial charge on any atom is 0.240 e. The van der Waals surface area contributed by atoms with Gasteiger partial charge in [-0.3, -0.25) is 9.59 Å². The minimum absolute atomic E-state index is 0.0733. The molecule has 26 heavy (non-hydrogen) atoms. The van der Waals surface area contributed by atoms with E-state index < -0.39 is 5.25 Å². The van der Waals surface area contributed by atoms with E-state index in [1.807, 2.05) is 54.6 Å². The van der Waals surface area contributed by atoms with Crippen molar-refractivity contribution in [3.05, 3.63) is 63.7 Å². The normalized spacial score (nSPS) is 18.3. The Hall–Kier alpha value is -2.20. The van der Waals surface area contributed by atoms with E-state index in [-0.39, 0.29) is 18.2 Å². The van der Waals surface area contributed by atoms with Gasteiger partial charge in [0.25, 0.3) is 0 Å². The van der Waals surface area contributed by atoms with E-state index in [4.69, 9.17) is 0 Å². The van der Waals surface area contributed by atoms with E-state index >= 15 is 0 Å². The fourth-order valence-corrected chi connectivity index (χ4v) is 3.47. The summed E-state index contributed by atoms with van der Waals surface area (Å²) >= 11 is 3.40. The molecule has 0 radical (unpaired) electrons. The predicted octanol–water partition coefficient (Wildman–Crippen LogP) is 3.24. The van der Waals surface area contributed by atoms with Crippen LogP contribution in [0.4, 0.5) is 5.69 Å². The summed E-state index contributed by atoms with van der Waals surface area (Å²) in [6, 6.07) is 17.0. The predicted molar refractivity (Wildman–Crippen MR) is 113 cm³/mol. The maximum absolute atomic E-state index is 12.1. The van der Waals surface area contributed by atoms with E-state index in [0.29, 0.717) is 10.9 Å². The number of amides is 2. The molecule has 3 rings (SSSR count). The largest absolute Gasteiger partial charge is 0.326 e. The molecule has 1 atom stereocenters. The molecule has 8 heteroatoms. The van der Waals surface area contributed by atoms with Crippen molar-refractivity contribution in [1.29, 1.82) is 0 Å².